The Hall–Kier alpha value is -2.10. The molecule has 0 aromatic heterocycles. The third-order valence-corrected chi connectivity index (χ3v) is 4.28. The minimum absolute atomic E-state index is 0.0579. The molecule has 0 unspecified atom stereocenters. The molecule has 1 aliphatic carbocycles. The van der Waals surface area contributed by atoms with Crippen LogP contribution < -0.4 is 5.32 Å². The number of aliphatic imine (C=N–C) groups is 1. The molecule has 2 aliphatic rings. The SMILES string of the molecule is O=C1NCC(O)=C1C=Nc1ccc(C2CCCCC2)cc1. The van der Waals surface area contributed by atoms with Crippen LogP contribution in [0.3, 0.4) is 0 Å². The summed E-state index contributed by atoms with van der Waals surface area (Å²) in [7, 11) is 0. The molecule has 1 aromatic rings. The second-order valence-corrected chi connectivity index (χ2v) is 5.73. The first kappa shape index (κ1) is 13.9. The minimum atomic E-state index is -0.268. The van der Waals surface area contributed by atoms with Crippen molar-refractivity contribution < 1.29 is 9.90 Å². The number of amides is 1. The first-order chi connectivity index (χ1) is 10.2. The highest BCUT2D eigenvalue weighted by Gasteiger charge is 2.20. The number of nitrogens with one attached hydrogen (secondary N) is 1. The van der Waals surface area contributed by atoms with Gasteiger partial charge in [-0.1, -0.05) is 31.4 Å². The number of carbonyl (C=O) groups is 1. The standard InChI is InChI=1S/C17H20N2O2/c20-16-11-19-17(21)15(16)10-18-14-8-6-13(7-9-14)12-4-2-1-3-5-12/h6-10,12,20H,1-5,11H2,(H,19,21). The second-order valence-electron chi connectivity index (χ2n) is 5.73. The predicted molar refractivity (Wildman–Crippen MR) is 83.1 cm³/mol. The maximum atomic E-state index is 11.4. The summed E-state index contributed by atoms with van der Waals surface area (Å²) < 4.78 is 0. The Balaban J connectivity index is 1.69. The number of aliphatic hydroxyl groups excluding tert-OH is 1. The van der Waals surface area contributed by atoms with E-state index in [-0.39, 0.29) is 23.8 Å². The molecule has 1 saturated carbocycles. The van der Waals surface area contributed by atoms with E-state index in [1.54, 1.807) is 0 Å². The first-order valence-corrected chi connectivity index (χ1v) is 7.58. The molecule has 1 aromatic carbocycles. The molecule has 3 rings (SSSR count). The van der Waals surface area contributed by atoms with Crippen LogP contribution in [0.1, 0.15) is 43.6 Å². The van der Waals surface area contributed by atoms with Crippen LogP contribution in [-0.2, 0) is 4.79 Å². The molecule has 0 atom stereocenters. The normalized spacial score (nSPS) is 20.3. The summed E-state index contributed by atoms with van der Waals surface area (Å²) in [4.78, 5) is 15.7. The van der Waals surface area contributed by atoms with Crippen LogP contribution in [0, 0.1) is 0 Å². The van der Waals surface area contributed by atoms with Crippen molar-refractivity contribution in [2.24, 2.45) is 4.99 Å². The maximum absolute atomic E-state index is 11.4. The number of hydrogen-bond acceptors (Lipinski definition) is 3. The van der Waals surface area contributed by atoms with Gasteiger partial charge in [0.05, 0.1) is 17.8 Å². The largest absolute Gasteiger partial charge is 0.510 e. The number of aliphatic hydroxyl groups is 1. The van der Waals surface area contributed by atoms with Gasteiger partial charge < -0.3 is 10.4 Å². The Bertz CT molecular complexity index is 581. The van der Waals surface area contributed by atoms with E-state index in [4.69, 9.17) is 0 Å². The summed E-state index contributed by atoms with van der Waals surface area (Å²) in [5.74, 6) is 0.474. The Kier molecular flexibility index (Phi) is 4.04. The smallest absolute Gasteiger partial charge is 0.256 e. The third-order valence-electron chi connectivity index (χ3n) is 4.28. The van der Waals surface area contributed by atoms with Crippen LogP contribution in [0.4, 0.5) is 5.69 Å². The molecule has 4 heteroatoms. The van der Waals surface area contributed by atoms with Crippen molar-refractivity contribution >= 4 is 17.8 Å². The summed E-state index contributed by atoms with van der Waals surface area (Å²) in [6.45, 7) is 0.195. The van der Waals surface area contributed by atoms with Gasteiger partial charge in [0.25, 0.3) is 5.91 Å². The van der Waals surface area contributed by atoms with E-state index < -0.39 is 0 Å². The van der Waals surface area contributed by atoms with Crippen LogP contribution in [0.15, 0.2) is 40.6 Å². The van der Waals surface area contributed by atoms with E-state index in [1.165, 1.54) is 43.9 Å². The summed E-state index contributed by atoms with van der Waals surface area (Å²) in [6, 6.07) is 8.22. The van der Waals surface area contributed by atoms with Crippen molar-refractivity contribution in [1.82, 2.24) is 5.32 Å². The van der Waals surface area contributed by atoms with Gasteiger partial charge >= 0.3 is 0 Å². The van der Waals surface area contributed by atoms with Crippen molar-refractivity contribution in [2.45, 2.75) is 38.0 Å². The molecule has 0 bridgehead atoms. The van der Waals surface area contributed by atoms with Gasteiger partial charge in [0, 0.05) is 6.21 Å². The van der Waals surface area contributed by atoms with Crippen LogP contribution in [-0.4, -0.2) is 23.8 Å². The van der Waals surface area contributed by atoms with Gasteiger partial charge in [0.1, 0.15) is 5.76 Å². The monoisotopic (exact) mass is 284 g/mol. The zero-order valence-corrected chi connectivity index (χ0v) is 12.0. The lowest BCUT2D eigenvalue weighted by atomic mass is 9.84. The zero-order valence-electron chi connectivity index (χ0n) is 12.0. The van der Waals surface area contributed by atoms with Crippen molar-refractivity contribution in [2.75, 3.05) is 6.54 Å². The molecule has 0 radical (unpaired) electrons. The van der Waals surface area contributed by atoms with E-state index in [2.05, 4.69) is 22.4 Å². The van der Waals surface area contributed by atoms with Gasteiger partial charge in [-0.05, 0) is 36.5 Å². The molecule has 21 heavy (non-hydrogen) atoms. The van der Waals surface area contributed by atoms with E-state index in [1.807, 2.05) is 12.1 Å². The lowest BCUT2D eigenvalue weighted by Crippen LogP contribution is -2.17. The highest BCUT2D eigenvalue weighted by molar-refractivity contribution is 6.14. The van der Waals surface area contributed by atoms with Crippen molar-refractivity contribution in [1.29, 1.82) is 0 Å². The van der Waals surface area contributed by atoms with Crippen LogP contribution in [0.2, 0.25) is 0 Å². The third kappa shape index (κ3) is 3.15. The van der Waals surface area contributed by atoms with Crippen molar-refractivity contribution in [3.63, 3.8) is 0 Å². The highest BCUT2D eigenvalue weighted by atomic mass is 16.3. The fourth-order valence-electron chi connectivity index (χ4n) is 3.03. The number of carbonyl (C=O) groups excluding carboxylic acids is 1. The van der Waals surface area contributed by atoms with Crippen LogP contribution in [0.25, 0.3) is 0 Å². The predicted octanol–water partition coefficient (Wildman–Crippen LogP) is 3.38. The number of nitrogens with zero attached hydrogens (tertiary/aromatic N) is 1. The molecule has 0 spiro atoms. The zero-order chi connectivity index (χ0) is 14.7. The van der Waals surface area contributed by atoms with E-state index in [0.29, 0.717) is 5.92 Å². The van der Waals surface area contributed by atoms with Crippen LogP contribution >= 0.6 is 0 Å². The van der Waals surface area contributed by atoms with Gasteiger partial charge in [-0.3, -0.25) is 9.79 Å². The molecule has 1 fully saturated rings. The van der Waals surface area contributed by atoms with Gasteiger partial charge in [0.15, 0.2) is 0 Å². The maximum Gasteiger partial charge on any atom is 0.256 e. The lowest BCUT2D eigenvalue weighted by Gasteiger charge is -2.21. The average molecular weight is 284 g/mol. The molecule has 0 saturated heterocycles. The van der Waals surface area contributed by atoms with Gasteiger partial charge in [-0.2, -0.15) is 0 Å². The van der Waals surface area contributed by atoms with Crippen molar-refractivity contribution in [3.05, 3.63) is 41.2 Å². The van der Waals surface area contributed by atoms with E-state index >= 15 is 0 Å². The van der Waals surface area contributed by atoms with Crippen molar-refractivity contribution in [3.8, 4) is 0 Å². The first-order valence-electron chi connectivity index (χ1n) is 7.58. The summed E-state index contributed by atoms with van der Waals surface area (Å²) >= 11 is 0. The lowest BCUT2D eigenvalue weighted by molar-refractivity contribution is -0.116. The quantitative estimate of drug-likeness (QED) is 0.836. The molecule has 110 valence electrons. The number of hydrogen-bond donors (Lipinski definition) is 2. The average Bonchev–Trinajstić information content (AvgIpc) is 2.85. The molecule has 2 N–H and O–H groups in total. The summed E-state index contributed by atoms with van der Waals surface area (Å²) in [6.07, 6.45) is 8.01. The van der Waals surface area contributed by atoms with Gasteiger partial charge in [0.2, 0.25) is 0 Å². The molecule has 1 amide bonds. The fourth-order valence-corrected chi connectivity index (χ4v) is 3.03. The van der Waals surface area contributed by atoms with E-state index in [9.17, 15) is 9.90 Å². The Labute approximate surface area is 124 Å². The minimum Gasteiger partial charge on any atom is -0.510 e. The summed E-state index contributed by atoms with van der Waals surface area (Å²) in [5.41, 5.74) is 2.44. The molecule has 1 aliphatic heterocycles. The molecule has 4 nitrogen and oxygen atoms in total. The topological polar surface area (TPSA) is 61.7 Å². The van der Waals surface area contributed by atoms with Gasteiger partial charge in [-0.25, -0.2) is 0 Å². The van der Waals surface area contributed by atoms with Crippen LogP contribution in [0.5, 0.6) is 0 Å². The Morgan fingerprint density at radius 2 is 1.86 bits per heavy atom. The van der Waals surface area contributed by atoms with Gasteiger partial charge in [-0.15, -0.1) is 0 Å². The number of benzene rings is 1. The number of rotatable bonds is 3. The fraction of sp³-hybridized carbons (Fsp3) is 0.412. The summed E-state index contributed by atoms with van der Waals surface area (Å²) in [5, 5.41) is 12.1. The molecule has 1 heterocycles. The highest BCUT2D eigenvalue weighted by Crippen LogP contribution is 2.33. The molecular formula is C17H20N2O2. The van der Waals surface area contributed by atoms with E-state index in [0.717, 1.165) is 5.69 Å². The Morgan fingerprint density at radius 1 is 1.14 bits per heavy atom. The Morgan fingerprint density at radius 3 is 2.48 bits per heavy atom. The molecular weight excluding hydrogens is 264 g/mol. The second kappa shape index (κ2) is 6.12.